The van der Waals surface area contributed by atoms with Crippen LogP contribution in [0.3, 0.4) is 0 Å². The lowest BCUT2D eigenvalue weighted by molar-refractivity contribution is 0.660. The fourth-order valence-electron chi connectivity index (χ4n) is 10.9. The molecule has 0 saturated heterocycles. The van der Waals surface area contributed by atoms with Crippen molar-refractivity contribution in [2.45, 2.75) is 38.5 Å². The van der Waals surface area contributed by atoms with Crippen LogP contribution in [0.2, 0.25) is 0 Å². The van der Waals surface area contributed by atoms with Gasteiger partial charge < -0.3 is 4.90 Å². The number of rotatable bonds is 6. The van der Waals surface area contributed by atoms with E-state index in [1.54, 1.807) is 0 Å². The van der Waals surface area contributed by atoms with Crippen LogP contribution >= 0.6 is 11.3 Å². The summed E-state index contributed by atoms with van der Waals surface area (Å²) in [5.41, 5.74) is 21.5. The molecule has 1 nitrogen and oxygen atoms in total. The van der Waals surface area contributed by atoms with Crippen LogP contribution in [-0.2, 0) is 10.8 Å². The number of thiophene rings is 1. The zero-order valence-electron chi connectivity index (χ0n) is 35.4. The number of anilines is 3. The molecule has 0 bridgehead atoms. The van der Waals surface area contributed by atoms with E-state index in [0.29, 0.717) is 0 Å². The normalized spacial score (nSPS) is 14.1. The van der Waals surface area contributed by atoms with Gasteiger partial charge in [0.05, 0.1) is 5.69 Å². The Balaban J connectivity index is 1.10. The summed E-state index contributed by atoms with van der Waals surface area (Å²) in [6.45, 7) is 9.46. The lowest BCUT2D eigenvalue weighted by Gasteiger charge is -2.30. The highest BCUT2D eigenvalue weighted by Gasteiger charge is 2.38. The Labute approximate surface area is 368 Å². The van der Waals surface area contributed by atoms with Gasteiger partial charge in [-0.3, -0.25) is 0 Å². The van der Waals surface area contributed by atoms with Crippen molar-refractivity contribution in [2.24, 2.45) is 0 Å². The zero-order chi connectivity index (χ0) is 41.7. The van der Waals surface area contributed by atoms with Crippen LogP contribution in [0.15, 0.2) is 200 Å². The maximum atomic E-state index is 2.50. The van der Waals surface area contributed by atoms with Gasteiger partial charge in [-0.05, 0) is 115 Å². The summed E-state index contributed by atoms with van der Waals surface area (Å²) < 4.78 is 2.60. The Morgan fingerprint density at radius 3 is 1.53 bits per heavy atom. The van der Waals surface area contributed by atoms with E-state index in [1.165, 1.54) is 98.1 Å². The summed E-state index contributed by atoms with van der Waals surface area (Å²) >= 11 is 1.86. The first-order chi connectivity index (χ1) is 30.3. The minimum atomic E-state index is -0.102. The van der Waals surface area contributed by atoms with Crippen molar-refractivity contribution in [1.82, 2.24) is 0 Å². The number of hydrogen-bond donors (Lipinski definition) is 0. The molecular formula is C60H45NS. The molecule has 0 aliphatic heterocycles. The summed E-state index contributed by atoms with van der Waals surface area (Å²) in [6.07, 6.45) is 0. The minimum Gasteiger partial charge on any atom is -0.310 e. The molecule has 0 atom stereocenters. The molecule has 0 radical (unpaired) electrons. The van der Waals surface area contributed by atoms with Crippen molar-refractivity contribution in [3.05, 3.63) is 222 Å². The summed E-state index contributed by atoms with van der Waals surface area (Å²) in [4.78, 5) is 2.50. The first kappa shape index (κ1) is 36.8. The molecule has 12 rings (SSSR count). The molecule has 0 fully saturated rings. The maximum Gasteiger partial charge on any atom is 0.0546 e. The van der Waals surface area contributed by atoms with E-state index in [4.69, 9.17) is 0 Å². The fourth-order valence-corrected chi connectivity index (χ4v) is 12.0. The highest BCUT2D eigenvalue weighted by molar-refractivity contribution is 7.25. The van der Waals surface area contributed by atoms with E-state index in [1.807, 2.05) is 11.3 Å². The number of benzene rings is 9. The predicted molar refractivity (Wildman–Crippen MR) is 265 cm³/mol. The number of nitrogens with zero attached hydrogens (tertiary/aromatic N) is 1. The van der Waals surface area contributed by atoms with Gasteiger partial charge in [-0.1, -0.05) is 185 Å². The quantitative estimate of drug-likeness (QED) is 0.162. The third kappa shape index (κ3) is 5.39. The van der Waals surface area contributed by atoms with Gasteiger partial charge in [0, 0.05) is 47.9 Å². The van der Waals surface area contributed by atoms with Crippen LogP contribution < -0.4 is 4.90 Å². The average Bonchev–Trinajstić information content (AvgIpc) is 3.89. The van der Waals surface area contributed by atoms with Gasteiger partial charge in [0.2, 0.25) is 0 Å². The molecule has 0 amide bonds. The second-order valence-corrected chi connectivity index (χ2v) is 19.1. The first-order valence-corrected chi connectivity index (χ1v) is 22.6. The van der Waals surface area contributed by atoms with E-state index in [2.05, 4.69) is 233 Å². The van der Waals surface area contributed by atoms with Crippen LogP contribution in [0, 0.1) is 0 Å². The third-order valence-electron chi connectivity index (χ3n) is 13.9. The molecule has 2 aliphatic carbocycles. The van der Waals surface area contributed by atoms with Gasteiger partial charge >= 0.3 is 0 Å². The molecule has 10 aromatic rings. The van der Waals surface area contributed by atoms with Gasteiger partial charge in [0.15, 0.2) is 0 Å². The molecule has 0 saturated carbocycles. The molecule has 0 spiro atoms. The number of hydrogen-bond acceptors (Lipinski definition) is 2. The van der Waals surface area contributed by atoms with Crippen molar-refractivity contribution < 1.29 is 0 Å². The second kappa shape index (κ2) is 13.8. The SMILES string of the molecule is CC1(C)c2ccccc2-c2c(-c3ccc(N(c4ccc5sc6ccccc6c5c4)c4cccc(-c5cccc6c5-c5ccccc5C6(C)C)c4-c4ccccc4)cc3)cccc21. The van der Waals surface area contributed by atoms with E-state index in [0.717, 1.165) is 17.1 Å². The predicted octanol–water partition coefficient (Wildman–Crippen LogP) is 17.1. The first-order valence-electron chi connectivity index (χ1n) is 21.8. The molecular weight excluding hydrogens is 767 g/mol. The Morgan fingerprint density at radius 2 is 0.839 bits per heavy atom. The van der Waals surface area contributed by atoms with E-state index in [9.17, 15) is 0 Å². The highest BCUT2D eigenvalue weighted by Crippen LogP contribution is 2.56. The minimum absolute atomic E-state index is 0.0568. The summed E-state index contributed by atoms with van der Waals surface area (Å²) in [6, 6.07) is 74.8. The average molecular weight is 812 g/mol. The van der Waals surface area contributed by atoms with Crippen LogP contribution in [0.25, 0.3) is 75.8 Å². The van der Waals surface area contributed by atoms with E-state index >= 15 is 0 Å². The van der Waals surface area contributed by atoms with Gasteiger partial charge in [0.25, 0.3) is 0 Å². The molecule has 0 N–H and O–H groups in total. The molecule has 0 unspecified atom stereocenters. The Morgan fingerprint density at radius 1 is 0.339 bits per heavy atom. The molecule has 1 heterocycles. The van der Waals surface area contributed by atoms with Crippen LogP contribution in [0.5, 0.6) is 0 Å². The summed E-state index contributed by atoms with van der Waals surface area (Å²) in [5, 5.41) is 2.58. The van der Waals surface area contributed by atoms with Crippen LogP contribution in [-0.4, -0.2) is 0 Å². The molecule has 1 aromatic heterocycles. The largest absolute Gasteiger partial charge is 0.310 e. The van der Waals surface area contributed by atoms with Crippen molar-refractivity contribution >= 4 is 48.6 Å². The Kier molecular flexibility index (Phi) is 8.17. The van der Waals surface area contributed by atoms with E-state index < -0.39 is 0 Å². The fraction of sp³-hybridized carbons (Fsp3) is 0.100. The highest BCUT2D eigenvalue weighted by atomic mass is 32.1. The van der Waals surface area contributed by atoms with Crippen molar-refractivity contribution in [1.29, 1.82) is 0 Å². The standard InChI is InChI=1S/C60H45NS/c1-59(2)49-25-11-8-20-46(49)57-42(22-14-27-51(57)59)38-31-33-40(34-32-38)61(41-35-36-55-48(37-41)43-19-10-13-30-54(43)62-55)53-29-16-24-44(56(53)39-17-6-5-7-18-39)45-23-15-28-52-58(45)47-21-9-12-26-50(47)60(52,3)4/h5-37H,1-4H3. The molecule has 62 heavy (non-hydrogen) atoms. The van der Waals surface area contributed by atoms with E-state index in [-0.39, 0.29) is 10.8 Å². The van der Waals surface area contributed by atoms with Gasteiger partial charge in [-0.2, -0.15) is 0 Å². The lowest BCUT2D eigenvalue weighted by atomic mass is 9.81. The molecule has 296 valence electrons. The third-order valence-corrected chi connectivity index (χ3v) is 15.1. The van der Waals surface area contributed by atoms with Gasteiger partial charge in [-0.25, -0.2) is 0 Å². The van der Waals surface area contributed by atoms with Crippen molar-refractivity contribution in [3.63, 3.8) is 0 Å². The zero-order valence-corrected chi connectivity index (χ0v) is 36.2. The van der Waals surface area contributed by atoms with Crippen LogP contribution in [0.4, 0.5) is 17.1 Å². The molecule has 2 heteroatoms. The van der Waals surface area contributed by atoms with Crippen molar-refractivity contribution in [3.8, 4) is 55.6 Å². The second-order valence-electron chi connectivity index (χ2n) is 18.0. The maximum absolute atomic E-state index is 2.50. The molecule has 9 aromatic carbocycles. The topological polar surface area (TPSA) is 3.24 Å². The lowest BCUT2D eigenvalue weighted by Crippen LogP contribution is -2.14. The smallest absolute Gasteiger partial charge is 0.0546 e. The van der Waals surface area contributed by atoms with Gasteiger partial charge in [-0.15, -0.1) is 11.3 Å². The van der Waals surface area contributed by atoms with Crippen molar-refractivity contribution in [2.75, 3.05) is 4.90 Å². The van der Waals surface area contributed by atoms with Crippen LogP contribution in [0.1, 0.15) is 49.9 Å². The Hall–Kier alpha value is -7.00. The number of fused-ring (bicyclic) bond motifs is 9. The summed E-state index contributed by atoms with van der Waals surface area (Å²) in [7, 11) is 0. The Bertz CT molecular complexity index is 3400. The monoisotopic (exact) mass is 811 g/mol. The summed E-state index contributed by atoms with van der Waals surface area (Å²) in [5.74, 6) is 0. The molecule has 2 aliphatic rings. The van der Waals surface area contributed by atoms with Gasteiger partial charge in [0.1, 0.15) is 0 Å².